The molecular weight excluding hydrogens is 230 g/mol. The Labute approximate surface area is 105 Å². The van der Waals surface area contributed by atoms with E-state index >= 15 is 0 Å². The van der Waals surface area contributed by atoms with E-state index in [4.69, 9.17) is 10.8 Å². The van der Waals surface area contributed by atoms with Crippen LogP contribution in [0.3, 0.4) is 0 Å². The summed E-state index contributed by atoms with van der Waals surface area (Å²) >= 11 is 0. The van der Waals surface area contributed by atoms with E-state index in [1.54, 1.807) is 16.8 Å². The summed E-state index contributed by atoms with van der Waals surface area (Å²) in [7, 11) is 0. The molecule has 1 aromatic carbocycles. The Morgan fingerprint density at radius 2 is 2.00 bits per heavy atom. The Balaban J connectivity index is 2.68. The fourth-order valence-electron chi connectivity index (χ4n) is 1.88. The summed E-state index contributed by atoms with van der Waals surface area (Å²) in [6.45, 7) is 5.82. The van der Waals surface area contributed by atoms with Crippen LogP contribution in [0.25, 0.3) is 5.69 Å². The number of anilines is 1. The number of carboxylic acid groups (broad SMARTS) is 1. The molecule has 0 aliphatic rings. The maximum Gasteiger partial charge on any atom is 0.337 e. The molecule has 1 heterocycles. The fourth-order valence-corrected chi connectivity index (χ4v) is 1.88. The third kappa shape index (κ3) is 1.73. The molecule has 1 aromatic heterocycles. The van der Waals surface area contributed by atoms with Gasteiger partial charge >= 0.3 is 5.97 Å². The maximum atomic E-state index is 11.1. The zero-order chi connectivity index (χ0) is 13.4. The first-order valence-electron chi connectivity index (χ1n) is 5.58. The molecular formula is C13H15N3O2. The smallest absolute Gasteiger partial charge is 0.337 e. The van der Waals surface area contributed by atoms with Crippen molar-refractivity contribution in [2.75, 3.05) is 5.73 Å². The molecule has 18 heavy (non-hydrogen) atoms. The molecule has 0 aliphatic heterocycles. The van der Waals surface area contributed by atoms with Crippen LogP contribution in [0.5, 0.6) is 0 Å². The number of aromatic nitrogens is 2. The highest BCUT2D eigenvalue weighted by molar-refractivity contribution is 5.95. The zero-order valence-electron chi connectivity index (χ0n) is 10.6. The Kier molecular flexibility index (Phi) is 2.82. The third-order valence-corrected chi connectivity index (χ3v) is 3.19. The van der Waals surface area contributed by atoms with Gasteiger partial charge in [-0.3, -0.25) is 0 Å². The summed E-state index contributed by atoms with van der Waals surface area (Å²) in [6.07, 6.45) is 0. The number of nitrogens with zero attached hydrogens (tertiary/aromatic N) is 2. The van der Waals surface area contributed by atoms with Crippen molar-refractivity contribution in [2.45, 2.75) is 20.8 Å². The van der Waals surface area contributed by atoms with Crippen molar-refractivity contribution in [3.63, 3.8) is 0 Å². The first-order chi connectivity index (χ1) is 8.43. The summed E-state index contributed by atoms with van der Waals surface area (Å²) in [6, 6.07) is 4.92. The van der Waals surface area contributed by atoms with E-state index in [1.807, 2.05) is 20.8 Å². The van der Waals surface area contributed by atoms with Gasteiger partial charge in [0.2, 0.25) is 0 Å². The van der Waals surface area contributed by atoms with Gasteiger partial charge in [-0.05, 0) is 38.5 Å². The van der Waals surface area contributed by atoms with Gasteiger partial charge in [0.25, 0.3) is 0 Å². The third-order valence-electron chi connectivity index (χ3n) is 3.19. The summed E-state index contributed by atoms with van der Waals surface area (Å²) in [5.74, 6) is -1.03. The molecule has 3 N–H and O–H groups in total. The van der Waals surface area contributed by atoms with Gasteiger partial charge < -0.3 is 10.8 Å². The van der Waals surface area contributed by atoms with Crippen LogP contribution >= 0.6 is 0 Å². The number of hydrogen-bond donors (Lipinski definition) is 2. The van der Waals surface area contributed by atoms with E-state index in [0.29, 0.717) is 5.69 Å². The van der Waals surface area contributed by atoms with Crippen molar-refractivity contribution >= 4 is 11.7 Å². The molecule has 0 fully saturated rings. The molecule has 0 spiro atoms. The predicted octanol–water partition coefficient (Wildman–Crippen LogP) is 2.08. The molecule has 2 aromatic rings. The van der Waals surface area contributed by atoms with Crippen molar-refractivity contribution in [3.8, 4) is 5.69 Å². The van der Waals surface area contributed by atoms with E-state index in [2.05, 4.69) is 5.10 Å². The van der Waals surface area contributed by atoms with Crippen LogP contribution in [0.2, 0.25) is 0 Å². The number of nitrogens with two attached hydrogens (primary N) is 1. The van der Waals surface area contributed by atoms with Gasteiger partial charge in [0.15, 0.2) is 0 Å². The lowest BCUT2D eigenvalue weighted by Gasteiger charge is -2.10. The van der Waals surface area contributed by atoms with Gasteiger partial charge in [0.1, 0.15) is 0 Å². The number of rotatable bonds is 2. The average molecular weight is 245 g/mol. The van der Waals surface area contributed by atoms with Crippen LogP contribution in [-0.2, 0) is 0 Å². The van der Waals surface area contributed by atoms with Gasteiger partial charge in [0.05, 0.1) is 22.6 Å². The minimum Gasteiger partial charge on any atom is -0.478 e. The highest BCUT2D eigenvalue weighted by Crippen LogP contribution is 2.24. The number of carbonyl (C=O) groups is 1. The number of aryl methyl sites for hydroxylation is 1. The number of carboxylic acids is 1. The van der Waals surface area contributed by atoms with Crippen LogP contribution in [-0.4, -0.2) is 20.9 Å². The first kappa shape index (κ1) is 12.2. The molecule has 0 unspecified atom stereocenters. The van der Waals surface area contributed by atoms with Crippen LogP contribution in [0.4, 0.5) is 5.69 Å². The molecule has 2 rings (SSSR count). The normalized spacial score (nSPS) is 10.6. The maximum absolute atomic E-state index is 11.1. The van der Waals surface area contributed by atoms with Crippen LogP contribution in [0.15, 0.2) is 18.2 Å². The SMILES string of the molecule is Cc1nn(-c2cccc(C(=O)O)c2N)c(C)c1C. The number of aromatic carboxylic acids is 1. The molecule has 5 nitrogen and oxygen atoms in total. The molecule has 0 aliphatic carbocycles. The number of hydrogen-bond acceptors (Lipinski definition) is 3. The van der Waals surface area contributed by atoms with E-state index < -0.39 is 5.97 Å². The molecule has 0 bridgehead atoms. The molecule has 94 valence electrons. The summed E-state index contributed by atoms with van der Waals surface area (Å²) in [5, 5.41) is 13.4. The van der Waals surface area contributed by atoms with Gasteiger partial charge in [-0.1, -0.05) is 6.07 Å². The van der Waals surface area contributed by atoms with Crippen LogP contribution in [0, 0.1) is 20.8 Å². The van der Waals surface area contributed by atoms with Crippen molar-refractivity contribution in [3.05, 3.63) is 40.7 Å². The minimum absolute atomic E-state index is 0.0951. The van der Waals surface area contributed by atoms with Gasteiger partial charge in [-0.25, -0.2) is 9.48 Å². The fraction of sp³-hybridized carbons (Fsp3) is 0.231. The van der Waals surface area contributed by atoms with E-state index in [-0.39, 0.29) is 11.3 Å². The highest BCUT2D eigenvalue weighted by atomic mass is 16.4. The van der Waals surface area contributed by atoms with Gasteiger partial charge in [-0.2, -0.15) is 5.10 Å². The number of benzene rings is 1. The lowest BCUT2D eigenvalue weighted by Crippen LogP contribution is -2.09. The summed E-state index contributed by atoms with van der Waals surface area (Å²) < 4.78 is 1.69. The lowest BCUT2D eigenvalue weighted by molar-refractivity contribution is 0.0698. The van der Waals surface area contributed by atoms with Gasteiger partial charge in [-0.15, -0.1) is 0 Å². The Hall–Kier alpha value is -2.30. The molecule has 0 atom stereocenters. The van der Waals surface area contributed by atoms with Crippen molar-refractivity contribution in [2.24, 2.45) is 0 Å². The second-order valence-electron chi connectivity index (χ2n) is 4.25. The minimum atomic E-state index is -1.03. The summed E-state index contributed by atoms with van der Waals surface area (Å²) in [5.41, 5.74) is 9.78. The Morgan fingerprint density at radius 1 is 1.33 bits per heavy atom. The standard InChI is InChI=1S/C13H15N3O2/c1-7-8(2)15-16(9(7)3)11-6-4-5-10(12(11)14)13(17)18/h4-6H,14H2,1-3H3,(H,17,18). The molecule has 0 radical (unpaired) electrons. The average Bonchev–Trinajstić information content (AvgIpc) is 2.57. The molecule has 0 amide bonds. The topological polar surface area (TPSA) is 81.1 Å². The molecule has 5 heteroatoms. The second kappa shape index (κ2) is 4.18. The molecule has 0 saturated heterocycles. The monoisotopic (exact) mass is 245 g/mol. The van der Waals surface area contributed by atoms with Crippen LogP contribution < -0.4 is 5.73 Å². The van der Waals surface area contributed by atoms with Crippen molar-refractivity contribution in [1.29, 1.82) is 0 Å². The largest absolute Gasteiger partial charge is 0.478 e. The van der Waals surface area contributed by atoms with Crippen molar-refractivity contribution < 1.29 is 9.90 Å². The Morgan fingerprint density at radius 3 is 2.50 bits per heavy atom. The summed E-state index contributed by atoms with van der Waals surface area (Å²) in [4.78, 5) is 11.1. The zero-order valence-corrected chi connectivity index (χ0v) is 10.6. The van der Waals surface area contributed by atoms with E-state index in [0.717, 1.165) is 17.0 Å². The predicted molar refractivity (Wildman–Crippen MR) is 69.1 cm³/mol. The number of para-hydroxylation sites is 1. The van der Waals surface area contributed by atoms with E-state index in [9.17, 15) is 4.79 Å². The van der Waals surface area contributed by atoms with Gasteiger partial charge in [0, 0.05) is 5.69 Å². The first-order valence-corrected chi connectivity index (χ1v) is 5.58. The molecule has 0 saturated carbocycles. The lowest BCUT2D eigenvalue weighted by atomic mass is 10.1. The highest BCUT2D eigenvalue weighted by Gasteiger charge is 2.15. The Bertz CT molecular complexity index is 629. The number of nitrogen functional groups attached to an aromatic ring is 1. The quantitative estimate of drug-likeness (QED) is 0.794. The second-order valence-corrected chi connectivity index (χ2v) is 4.25. The van der Waals surface area contributed by atoms with E-state index in [1.165, 1.54) is 6.07 Å². The van der Waals surface area contributed by atoms with Crippen molar-refractivity contribution in [1.82, 2.24) is 9.78 Å². The van der Waals surface area contributed by atoms with Crippen LogP contribution in [0.1, 0.15) is 27.3 Å².